The van der Waals surface area contributed by atoms with Crippen LogP contribution in [0.3, 0.4) is 0 Å². The summed E-state index contributed by atoms with van der Waals surface area (Å²) in [6, 6.07) is 12.1. The number of carboxylic acids is 1. The molecule has 8 heteroatoms. The number of aliphatic carboxylic acids is 1. The molecule has 2 aliphatic heterocycles. The molecule has 1 fully saturated rings. The van der Waals surface area contributed by atoms with E-state index in [0.29, 0.717) is 34.8 Å². The molecule has 156 valence electrons. The van der Waals surface area contributed by atoms with Crippen LogP contribution in [-0.4, -0.2) is 34.0 Å². The highest BCUT2D eigenvalue weighted by atomic mass is 16.4. The summed E-state index contributed by atoms with van der Waals surface area (Å²) in [5.41, 5.74) is 1.48. The van der Waals surface area contributed by atoms with Crippen molar-refractivity contribution in [1.29, 1.82) is 0 Å². The fourth-order valence-electron chi connectivity index (χ4n) is 5.47. The lowest BCUT2D eigenvalue weighted by Crippen LogP contribution is -2.55. The van der Waals surface area contributed by atoms with Gasteiger partial charge in [-0.05, 0) is 30.3 Å². The predicted molar refractivity (Wildman–Crippen MR) is 106 cm³/mol. The Labute approximate surface area is 176 Å². The maximum Gasteiger partial charge on any atom is 0.311 e. The van der Waals surface area contributed by atoms with E-state index in [0.717, 1.165) is 0 Å². The Morgan fingerprint density at radius 3 is 2.68 bits per heavy atom. The summed E-state index contributed by atoms with van der Waals surface area (Å²) in [4.78, 5) is 42.7. The summed E-state index contributed by atoms with van der Waals surface area (Å²) >= 11 is 0. The van der Waals surface area contributed by atoms with Gasteiger partial charge in [0.15, 0.2) is 0 Å². The molecule has 31 heavy (non-hydrogen) atoms. The fraction of sp³-hybridized carbons (Fsp3) is 0.261. The Balaban J connectivity index is 1.53. The van der Waals surface area contributed by atoms with Gasteiger partial charge in [-0.15, -0.1) is 0 Å². The molecule has 1 N–H and O–H groups in total. The monoisotopic (exact) mass is 418 g/mol. The molecule has 0 radical (unpaired) electrons. The van der Waals surface area contributed by atoms with Crippen molar-refractivity contribution in [1.82, 2.24) is 4.90 Å². The number of carboxylic acid groups (broad SMARTS) is 1. The molecule has 1 saturated heterocycles. The summed E-state index contributed by atoms with van der Waals surface area (Å²) in [6.45, 7) is 0.181. The highest BCUT2D eigenvalue weighted by Crippen LogP contribution is 2.52. The van der Waals surface area contributed by atoms with E-state index in [1.54, 1.807) is 52.3 Å². The van der Waals surface area contributed by atoms with E-state index in [2.05, 4.69) is 0 Å². The third-order valence-electron chi connectivity index (χ3n) is 6.67. The summed E-state index contributed by atoms with van der Waals surface area (Å²) in [7, 11) is 0. The lowest BCUT2D eigenvalue weighted by Gasteiger charge is -2.42. The molecule has 4 heterocycles. The second-order valence-corrected chi connectivity index (χ2v) is 8.16. The molecule has 8 nitrogen and oxygen atoms in total. The molecule has 3 aromatic rings. The van der Waals surface area contributed by atoms with Crippen molar-refractivity contribution < 1.29 is 28.3 Å². The molecule has 0 unspecified atom stereocenters. The highest BCUT2D eigenvalue weighted by Gasteiger charge is 2.61. The van der Waals surface area contributed by atoms with E-state index >= 15 is 0 Å². The van der Waals surface area contributed by atoms with Crippen LogP contribution in [0.5, 0.6) is 0 Å². The zero-order valence-corrected chi connectivity index (χ0v) is 16.3. The van der Waals surface area contributed by atoms with Gasteiger partial charge >= 0.3 is 5.97 Å². The minimum Gasteiger partial charge on any atom is -0.481 e. The number of anilines is 1. The van der Waals surface area contributed by atoms with Crippen LogP contribution in [0.25, 0.3) is 0 Å². The lowest BCUT2D eigenvalue weighted by molar-refractivity contribution is -0.143. The minimum atomic E-state index is -1.07. The van der Waals surface area contributed by atoms with Crippen LogP contribution < -0.4 is 4.90 Å². The first kappa shape index (κ1) is 18.0. The Kier molecular flexibility index (Phi) is 3.68. The Bertz CT molecular complexity index is 1210. The molecule has 0 spiro atoms. The van der Waals surface area contributed by atoms with E-state index in [1.165, 1.54) is 12.5 Å². The molecule has 1 aliphatic carbocycles. The number of rotatable bonds is 3. The van der Waals surface area contributed by atoms with Crippen LogP contribution >= 0.6 is 0 Å². The Morgan fingerprint density at radius 2 is 1.90 bits per heavy atom. The van der Waals surface area contributed by atoms with Crippen molar-refractivity contribution >= 4 is 23.5 Å². The van der Waals surface area contributed by atoms with Crippen LogP contribution in [0, 0.1) is 11.8 Å². The summed E-state index contributed by atoms with van der Waals surface area (Å²) in [6.07, 6.45) is 2.76. The van der Waals surface area contributed by atoms with E-state index in [9.17, 15) is 19.5 Å². The van der Waals surface area contributed by atoms with Crippen molar-refractivity contribution in [3.8, 4) is 0 Å². The molecule has 0 bridgehead atoms. The average Bonchev–Trinajstić information content (AvgIpc) is 3.49. The molecule has 4 atom stereocenters. The van der Waals surface area contributed by atoms with Gasteiger partial charge in [0.05, 0.1) is 42.2 Å². The lowest BCUT2D eigenvalue weighted by atomic mass is 9.71. The Morgan fingerprint density at radius 1 is 1.06 bits per heavy atom. The predicted octanol–water partition coefficient (Wildman–Crippen LogP) is 2.86. The van der Waals surface area contributed by atoms with E-state index < -0.39 is 29.9 Å². The van der Waals surface area contributed by atoms with Gasteiger partial charge in [-0.2, -0.15) is 0 Å². The van der Waals surface area contributed by atoms with Crippen LogP contribution in [-0.2, 0) is 22.6 Å². The summed E-state index contributed by atoms with van der Waals surface area (Å²) in [5.74, 6) is -2.62. The number of benzene rings is 1. The topological polar surface area (TPSA) is 104 Å². The fourth-order valence-corrected chi connectivity index (χ4v) is 5.47. The van der Waals surface area contributed by atoms with Gasteiger partial charge in [0.25, 0.3) is 5.91 Å². The van der Waals surface area contributed by atoms with Gasteiger partial charge in [-0.25, -0.2) is 0 Å². The van der Waals surface area contributed by atoms with E-state index in [4.69, 9.17) is 8.83 Å². The highest BCUT2D eigenvalue weighted by molar-refractivity contribution is 6.11. The number of amides is 2. The molecular formula is C23H18N2O6. The SMILES string of the molecule is O=C(O)[C@H]1c2ccoc2C[C@H]2[C@H]1C(=O)N1c3ccccc3C(=O)N(Cc3ccco3)[C@H]21. The number of carbonyl (C=O) groups is 3. The Hall–Kier alpha value is -3.81. The van der Waals surface area contributed by atoms with Gasteiger partial charge in [0, 0.05) is 17.9 Å². The number of hydrogen-bond acceptors (Lipinski definition) is 5. The molecule has 6 rings (SSSR count). The van der Waals surface area contributed by atoms with E-state index in [-0.39, 0.29) is 18.4 Å². The molecule has 2 aromatic heterocycles. The van der Waals surface area contributed by atoms with Gasteiger partial charge in [-0.1, -0.05) is 12.1 Å². The third kappa shape index (κ3) is 2.38. The second-order valence-electron chi connectivity index (χ2n) is 8.16. The zero-order chi connectivity index (χ0) is 21.3. The minimum absolute atomic E-state index is 0.181. The molecule has 3 aliphatic rings. The second kappa shape index (κ2) is 6.34. The van der Waals surface area contributed by atoms with Crippen molar-refractivity contribution in [2.45, 2.75) is 25.0 Å². The van der Waals surface area contributed by atoms with Gasteiger partial charge in [0.2, 0.25) is 5.91 Å². The first-order valence-corrected chi connectivity index (χ1v) is 10.1. The zero-order valence-electron chi connectivity index (χ0n) is 16.3. The maximum atomic E-state index is 13.7. The largest absolute Gasteiger partial charge is 0.481 e. The van der Waals surface area contributed by atoms with Gasteiger partial charge in [-0.3, -0.25) is 19.3 Å². The van der Waals surface area contributed by atoms with Crippen molar-refractivity contribution in [3.05, 3.63) is 77.6 Å². The van der Waals surface area contributed by atoms with Crippen LogP contribution in [0.1, 0.15) is 33.4 Å². The van der Waals surface area contributed by atoms with Crippen molar-refractivity contribution in [2.75, 3.05) is 4.90 Å². The average molecular weight is 418 g/mol. The number of fused-ring (bicyclic) bond motifs is 6. The number of furan rings is 2. The third-order valence-corrected chi connectivity index (χ3v) is 6.67. The standard InChI is InChI=1S/C23H18N2O6/c26-21-13-5-1-2-6-16(13)25-20(24(21)11-12-4-3-8-30-12)15-10-17-14(7-9-31-17)19(23(28)29)18(15)22(25)27/h1-9,15,18-20H,10-11H2,(H,28,29)/t15-,18+,19-,20-/m0/s1. The number of nitrogens with zero attached hydrogens (tertiary/aromatic N) is 2. The van der Waals surface area contributed by atoms with Crippen LogP contribution in [0.15, 0.2) is 63.8 Å². The number of para-hydroxylation sites is 1. The molecule has 0 saturated carbocycles. The summed E-state index contributed by atoms with van der Waals surface area (Å²) < 4.78 is 11.1. The smallest absolute Gasteiger partial charge is 0.311 e. The van der Waals surface area contributed by atoms with Gasteiger partial charge in [0.1, 0.15) is 17.7 Å². The van der Waals surface area contributed by atoms with Crippen LogP contribution in [0.2, 0.25) is 0 Å². The molecule has 1 aromatic carbocycles. The molecule has 2 amide bonds. The quantitative estimate of drug-likeness (QED) is 0.701. The van der Waals surface area contributed by atoms with Crippen LogP contribution in [0.4, 0.5) is 5.69 Å². The first-order valence-electron chi connectivity index (χ1n) is 10.1. The van der Waals surface area contributed by atoms with Gasteiger partial charge < -0.3 is 18.8 Å². The normalized spacial score (nSPS) is 26.3. The first-order chi connectivity index (χ1) is 15.1. The summed E-state index contributed by atoms with van der Waals surface area (Å²) in [5, 5.41) is 10.0. The maximum absolute atomic E-state index is 13.7. The van der Waals surface area contributed by atoms with Crippen molar-refractivity contribution in [3.63, 3.8) is 0 Å². The number of hydrogen-bond donors (Lipinski definition) is 1. The van der Waals surface area contributed by atoms with E-state index in [1.807, 2.05) is 0 Å². The molecular weight excluding hydrogens is 400 g/mol. The number of carbonyl (C=O) groups excluding carboxylic acids is 2. The van der Waals surface area contributed by atoms with Crippen molar-refractivity contribution in [2.24, 2.45) is 11.8 Å².